The van der Waals surface area contributed by atoms with Crippen LogP contribution in [0.4, 0.5) is 10.1 Å². The van der Waals surface area contributed by atoms with E-state index in [0.717, 1.165) is 11.3 Å². The molecule has 106 valence electrons. The highest BCUT2D eigenvalue weighted by molar-refractivity contribution is 5.47. The second-order valence-corrected chi connectivity index (χ2v) is 5.09. The zero-order valence-corrected chi connectivity index (χ0v) is 12.2. The Morgan fingerprint density at radius 1 is 1.15 bits per heavy atom. The summed E-state index contributed by atoms with van der Waals surface area (Å²) in [5, 5.41) is 3.22. The molecule has 0 radical (unpaired) electrons. The van der Waals surface area contributed by atoms with E-state index in [-0.39, 0.29) is 5.82 Å². The van der Waals surface area contributed by atoms with Crippen molar-refractivity contribution in [3.63, 3.8) is 0 Å². The lowest BCUT2D eigenvalue weighted by Gasteiger charge is -2.20. The van der Waals surface area contributed by atoms with Crippen LogP contribution in [0.1, 0.15) is 24.1 Å². The first kappa shape index (κ1) is 14.5. The van der Waals surface area contributed by atoms with Crippen LogP contribution in [0.3, 0.4) is 0 Å². The van der Waals surface area contributed by atoms with Crippen molar-refractivity contribution in [3.8, 4) is 0 Å². The first-order valence-electron chi connectivity index (χ1n) is 6.83. The van der Waals surface area contributed by atoms with Gasteiger partial charge in [-0.05, 0) is 49.4 Å². The smallest absolute Gasteiger partial charge is 0.123 e. The molecule has 3 heteroatoms. The third-order valence-electron chi connectivity index (χ3n) is 3.58. The van der Waals surface area contributed by atoms with Crippen molar-refractivity contribution in [1.82, 2.24) is 5.32 Å². The molecule has 2 aromatic carbocycles. The van der Waals surface area contributed by atoms with E-state index in [1.807, 2.05) is 20.2 Å². The van der Waals surface area contributed by atoms with E-state index in [0.29, 0.717) is 12.6 Å². The van der Waals surface area contributed by atoms with Gasteiger partial charge in [-0.1, -0.05) is 24.3 Å². The van der Waals surface area contributed by atoms with Crippen LogP contribution in [0.25, 0.3) is 0 Å². The quantitative estimate of drug-likeness (QED) is 0.892. The highest BCUT2D eigenvalue weighted by Gasteiger charge is 2.05. The molecule has 0 spiro atoms. The molecule has 1 atom stereocenters. The van der Waals surface area contributed by atoms with Gasteiger partial charge in [-0.2, -0.15) is 0 Å². The fourth-order valence-corrected chi connectivity index (χ4v) is 2.18. The Morgan fingerprint density at radius 2 is 1.85 bits per heavy atom. The molecule has 0 heterocycles. The van der Waals surface area contributed by atoms with E-state index >= 15 is 0 Å². The lowest BCUT2D eigenvalue weighted by atomic mass is 10.1. The van der Waals surface area contributed by atoms with E-state index < -0.39 is 0 Å². The summed E-state index contributed by atoms with van der Waals surface area (Å²) in [6.07, 6.45) is 0. The van der Waals surface area contributed by atoms with Crippen molar-refractivity contribution in [1.29, 1.82) is 0 Å². The van der Waals surface area contributed by atoms with Crippen LogP contribution in [0.2, 0.25) is 0 Å². The van der Waals surface area contributed by atoms with Gasteiger partial charge in [-0.3, -0.25) is 0 Å². The number of rotatable bonds is 5. The molecular formula is C17H21FN2. The van der Waals surface area contributed by atoms with Crippen molar-refractivity contribution in [2.45, 2.75) is 19.5 Å². The van der Waals surface area contributed by atoms with Gasteiger partial charge < -0.3 is 10.2 Å². The van der Waals surface area contributed by atoms with Gasteiger partial charge in [-0.15, -0.1) is 0 Å². The molecule has 2 aromatic rings. The number of nitrogens with one attached hydrogen (secondary N) is 1. The van der Waals surface area contributed by atoms with Crippen LogP contribution >= 0.6 is 0 Å². The largest absolute Gasteiger partial charge is 0.370 e. The molecular weight excluding hydrogens is 251 g/mol. The number of anilines is 1. The summed E-state index contributed by atoms with van der Waals surface area (Å²) < 4.78 is 13.2. The zero-order valence-electron chi connectivity index (χ0n) is 12.2. The molecule has 0 aliphatic rings. The first-order valence-corrected chi connectivity index (χ1v) is 6.83. The van der Waals surface area contributed by atoms with Crippen molar-refractivity contribution in [2.75, 3.05) is 19.0 Å². The van der Waals surface area contributed by atoms with Gasteiger partial charge in [0.25, 0.3) is 0 Å². The summed E-state index contributed by atoms with van der Waals surface area (Å²) in [7, 11) is 3.97. The summed E-state index contributed by atoms with van der Waals surface area (Å²) in [5.41, 5.74) is 3.36. The molecule has 1 N–H and O–H groups in total. The minimum absolute atomic E-state index is 0.186. The van der Waals surface area contributed by atoms with Gasteiger partial charge in [0.2, 0.25) is 0 Å². The van der Waals surface area contributed by atoms with Crippen LogP contribution in [-0.2, 0) is 6.54 Å². The molecule has 2 rings (SSSR count). The molecule has 0 aliphatic heterocycles. The van der Waals surface area contributed by atoms with Crippen molar-refractivity contribution < 1.29 is 4.39 Å². The number of hydrogen-bond acceptors (Lipinski definition) is 2. The summed E-state index contributed by atoms with van der Waals surface area (Å²) in [4.78, 5) is 2.11. The standard InChI is InChI=1S/C17H21FN2/c1-13(19-2)15-7-9-17(10-8-15)20(3)12-14-5-4-6-16(18)11-14/h4-11,13,19H,12H2,1-3H3. The van der Waals surface area contributed by atoms with E-state index in [4.69, 9.17) is 0 Å². The van der Waals surface area contributed by atoms with Gasteiger partial charge in [-0.25, -0.2) is 4.39 Å². The number of nitrogens with zero attached hydrogens (tertiary/aromatic N) is 1. The lowest BCUT2D eigenvalue weighted by Crippen LogP contribution is -2.17. The van der Waals surface area contributed by atoms with Gasteiger partial charge in [0.1, 0.15) is 5.82 Å². The molecule has 0 fully saturated rings. The van der Waals surface area contributed by atoms with Crippen molar-refractivity contribution in [2.24, 2.45) is 0 Å². The van der Waals surface area contributed by atoms with Crippen LogP contribution in [0.5, 0.6) is 0 Å². The minimum Gasteiger partial charge on any atom is -0.370 e. The Balaban J connectivity index is 2.07. The third-order valence-corrected chi connectivity index (χ3v) is 3.58. The maximum atomic E-state index is 13.2. The Morgan fingerprint density at radius 3 is 2.45 bits per heavy atom. The van der Waals surface area contributed by atoms with E-state index in [1.165, 1.54) is 11.6 Å². The van der Waals surface area contributed by atoms with Gasteiger partial charge in [0, 0.05) is 25.3 Å². The zero-order chi connectivity index (χ0) is 14.5. The molecule has 1 unspecified atom stereocenters. The normalized spacial score (nSPS) is 12.2. The molecule has 0 bridgehead atoms. The molecule has 0 aromatic heterocycles. The molecule has 0 saturated heterocycles. The van der Waals surface area contributed by atoms with Crippen LogP contribution in [0.15, 0.2) is 48.5 Å². The maximum Gasteiger partial charge on any atom is 0.123 e. The van der Waals surface area contributed by atoms with E-state index in [9.17, 15) is 4.39 Å². The van der Waals surface area contributed by atoms with Crippen LogP contribution < -0.4 is 10.2 Å². The average molecular weight is 272 g/mol. The van der Waals surface area contributed by atoms with Crippen LogP contribution in [0, 0.1) is 5.82 Å². The first-order chi connectivity index (χ1) is 9.60. The molecule has 0 saturated carbocycles. The number of benzene rings is 2. The Hall–Kier alpha value is -1.87. The minimum atomic E-state index is -0.186. The molecule has 0 amide bonds. The van der Waals surface area contributed by atoms with Gasteiger partial charge in [0.15, 0.2) is 0 Å². The SMILES string of the molecule is CNC(C)c1ccc(N(C)Cc2cccc(F)c2)cc1. The Bertz CT molecular complexity index is 551. The molecule has 2 nitrogen and oxygen atoms in total. The molecule has 0 aliphatic carbocycles. The van der Waals surface area contributed by atoms with Gasteiger partial charge in [0.05, 0.1) is 0 Å². The molecule has 20 heavy (non-hydrogen) atoms. The maximum absolute atomic E-state index is 13.2. The highest BCUT2D eigenvalue weighted by atomic mass is 19.1. The summed E-state index contributed by atoms with van der Waals surface area (Å²) in [6.45, 7) is 2.82. The predicted molar refractivity (Wildman–Crippen MR) is 82.4 cm³/mol. The van der Waals surface area contributed by atoms with Crippen LogP contribution in [-0.4, -0.2) is 14.1 Å². The van der Waals surface area contributed by atoms with Gasteiger partial charge >= 0.3 is 0 Å². The summed E-state index contributed by atoms with van der Waals surface area (Å²) in [6, 6.07) is 15.5. The number of hydrogen-bond donors (Lipinski definition) is 1. The highest BCUT2D eigenvalue weighted by Crippen LogP contribution is 2.19. The Kier molecular flexibility index (Phi) is 4.74. The average Bonchev–Trinajstić information content (AvgIpc) is 2.46. The fraction of sp³-hybridized carbons (Fsp3) is 0.294. The summed E-state index contributed by atoms with van der Waals surface area (Å²) in [5.74, 6) is -0.186. The second kappa shape index (κ2) is 6.53. The van der Waals surface area contributed by atoms with Crippen molar-refractivity contribution in [3.05, 3.63) is 65.5 Å². The van der Waals surface area contributed by atoms with E-state index in [1.54, 1.807) is 12.1 Å². The predicted octanol–water partition coefficient (Wildman–Crippen LogP) is 3.74. The topological polar surface area (TPSA) is 15.3 Å². The monoisotopic (exact) mass is 272 g/mol. The van der Waals surface area contributed by atoms with E-state index in [2.05, 4.69) is 41.4 Å². The van der Waals surface area contributed by atoms with Crippen molar-refractivity contribution >= 4 is 5.69 Å². The Labute approximate surface area is 120 Å². The second-order valence-electron chi connectivity index (χ2n) is 5.09. The third kappa shape index (κ3) is 3.58. The fourth-order valence-electron chi connectivity index (χ4n) is 2.18. The lowest BCUT2D eigenvalue weighted by molar-refractivity contribution is 0.625. The number of halogens is 1. The summed E-state index contributed by atoms with van der Waals surface area (Å²) >= 11 is 0.